The molecule has 0 heterocycles. The van der Waals surface area contributed by atoms with E-state index >= 15 is 0 Å². The topological polar surface area (TPSA) is 81.4 Å². The number of primary amides is 1. The Kier molecular flexibility index (Phi) is 5.60. The van der Waals surface area contributed by atoms with Crippen molar-refractivity contribution in [3.05, 3.63) is 59.1 Å². The minimum Gasteiger partial charge on any atom is -0.481 e. The summed E-state index contributed by atoms with van der Waals surface area (Å²) in [5.74, 6) is -0.414. The third-order valence-corrected chi connectivity index (χ3v) is 3.46. The maximum Gasteiger partial charge on any atom is 0.265 e. The van der Waals surface area contributed by atoms with Gasteiger partial charge in [-0.2, -0.15) is 0 Å². The Labute approximate surface area is 139 Å². The first-order valence-corrected chi connectivity index (χ1v) is 7.51. The van der Waals surface area contributed by atoms with Crippen molar-refractivity contribution in [3.8, 4) is 5.75 Å². The largest absolute Gasteiger partial charge is 0.481 e. The number of anilines is 1. The van der Waals surface area contributed by atoms with Crippen molar-refractivity contribution in [1.29, 1.82) is 0 Å². The second-order valence-corrected chi connectivity index (χ2v) is 5.30. The molecular weight excluding hydrogens is 316 g/mol. The smallest absolute Gasteiger partial charge is 0.265 e. The van der Waals surface area contributed by atoms with Gasteiger partial charge < -0.3 is 15.8 Å². The van der Waals surface area contributed by atoms with Gasteiger partial charge in [-0.1, -0.05) is 30.7 Å². The summed E-state index contributed by atoms with van der Waals surface area (Å²) in [6.07, 6.45) is -0.232. The lowest BCUT2D eigenvalue weighted by molar-refractivity contribution is -0.122. The number of hydrogen-bond donors (Lipinski definition) is 2. The number of carbonyl (C=O) groups is 2. The van der Waals surface area contributed by atoms with Gasteiger partial charge in [0, 0.05) is 5.02 Å². The van der Waals surface area contributed by atoms with E-state index in [1.807, 2.05) is 6.92 Å². The molecule has 0 aliphatic rings. The van der Waals surface area contributed by atoms with Gasteiger partial charge in [-0.3, -0.25) is 9.59 Å². The van der Waals surface area contributed by atoms with Gasteiger partial charge in [0.15, 0.2) is 6.10 Å². The number of hydrogen-bond acceptors (Lipinski definition) is 3. The lowest BCUT2D eigenvalue weighted by atomic mass is 10.1. The third-order valence-electron chi connectivity index (χ3n) is 3.21. The number of ether oxygens (including phenoxy) is 1. The van der Waals surface area contributed by atoms with Crippen molar-refractivity contribution >= 4 is 29.1 Å². The Morgan fingerprint density at radius 3 is 2.43 bits per heavy atom. The van der Waals surface area contributed by atoms with Crippen LogP contribution in [0.4, 0.5) is 5.69 Å². The summed E-state index contributed by atoms with van der Waals surface area (Å²) in [5, 5.41) is 3.27. The highest BCUT2D eigenvalue weighted by atomic mass is 35.5. The Hall–Kier alpha value is -2.53. The first kappa shape index (κ1) is 16.8. The van der Waals surface area contributed by atoms with Gasteiger partial charge in [-0.25, -0.2) is 0 Å². The standard InChI is InChI=1S/C17H17ClN2O3/c1-2-15(23-12-9-7-11(18)8-10-12)17(22)20-14-6-4-3-5-13(14)16(19)21/h3-10,15H,2H2,1H3,(H2,19,21)(H,20,22). The quantitative estimate of drug-likeness (QED) is 0.852. The van der Waals surface area contributed by atoms with Crippen LogP contribution in [0.2, 0.25) is 5.02 Å². The average Bonchev–Trinajstić information content (AvgIpc) is 2.54. The van der Waals surface area contributed by atoms with E-state index < -0.39 is 12.0 Å². The maximum absolute atomic E-state index is 12.4. The van der Waals surface area contributed by atoms with Crippen molar-refractivity contribution in [3.63, 3.8) is 0 Å². The van der Waals surface area contributed by atoms with Gasteiger partial charge in [0.2, 0.25) is 0 Å². The SMILES string of the molecule is CCC(Oc1ccc(Cl)cc1)C(=O)Nc1ccccc1C(N)=O. The monoisotopic (exact) mass is 332 g/mol. The molecule has 2 aromatic rings. The molecule has 0 spiro atoms. The van der Waals surface area contributed by atoms with Crippen LogP contribution in [0.5, 0.6) is 5.75 Å². The number of benzene rings is 2. The van der Waals surface area contributed by atoms with E-state index in [1.165, 1.54) is 0 Å². The molecule has 2 rings (SSSR count). The van der Waals surface area contributed by atoms with E-state index in [1.54, 1.807) is 48.5 Å². The first-order valence-electron chi connectivity index (χ1n) is 7.13. The minimum atomic E-state index is -0.697. The molecule has 0 saturated heterocycles. The summed E-state index contributed by atoms with van der Waals surface area (Å²) in [4.78, 5) is 23.8. The Morgan fingerprint density at radius 2 is 1.83 bits per heavy atom. The van der Waals surface area contributed by atoms with Crippen LogP contribution in [0.1, 0.15) is 23.7 Å². The predicted molar refractivity (Wildman–Crippen MR) is 89.7 cm³/mol. The van der Waals surface area contributed by atoms with Gasteiger partial charge in [0.05, 0.1) is 11.3 Å². The number of para-hydroxylation sites is 1. The number of amides is 2. The van der Waals surface area contributed by atoms with Crippen LogP contribution in [0.15, 0.2) is 48.5 Å². The van der Waals surface area contributed by atoms with Gasteiger partial charge in [0.1, 0.15) is 5.75 Å². The molecular formula is C17H17ClN2O3. The van der Waals surface area contributed by atoms with Crippen LogP contribution in [0.3, 0.4) is 0 Å². The van der Waals surface area contributed by atoms with E-state index in [4.69, 9.17) is 22.1 Å². The highest BCUT2D eigenvalue weighted by molar-refractivity contribution is 6.30. The fraction of sp³-hybridized carbons (Fsp3) is 0.176. The number of nitrogens with one attached hydrogen (secondary N) is 1. The number of nitrogens with two attached hydrogens (primary N) is 1. The average molecular weight is 333 g/mol. The van der Waals surface area contributed by atoms with Crippen LogP contribution in [0, 0.1) is 0 Å². The number of halogens is 1. The van der Waals surface area contributed by atoms with E-state index in [2.05, 4.69) is 5.32 Å². The molecule has 0 aliphatic carbocycles. The van der Waals surface area contributed by atoms with E-state index in [9.17, 15) is 9.59 Å². The summed E-state index contributed by atoms with van der Waals surface area (Å²) in [6, 6.07) is 13.3. The van der Waals surface area contributed by atoms with Crippen molar-refractivity contribution in [2.45, 2.75) is 19.4 Å². The third kappa shape index (κ3) is 4.47. The van der Waals surface area contributed by atoms with Crippen LogP contribution in [-0.4, -0.2) is 17.9 Å². The molecule has 2 amide bonds. The summed E-state index contributed by atoms with van der Waals surface area (Å²) in [7, 11) is 0. The molecule has 6 heteroatoms. The number of carbonyl (C=O) groups excluding carboxylic acids is 2. The molecule has 1 atom stereocenters. The lowest BCUT2D eigenvalue weighted by Gasteiger charge is -2.18. The van der Waals surface area contributed by atoms with E-state index in [0.717, 1.165) is 0 Å². The summed E-state index contributed by atoms with van der Waals surface area (Å²) in [5.41, 5.74) is 5.92. The molecule has 3 N–H and O–H groups in total. The zero-order chi connectivity index (χ0) is 16.8. The zero-order valence-electron chi connectivity index (χ0n) is 12.6. The van der Waals surface area contributed by atoms with Gasteiger partial charge in [0.25, 0.3) is 11.8 Å². The summed E-state index contributed by atoms with van der Waals surface area (Å²) in [6.45, 7) is 1.83. The molecule has 0 saturated carbocycles. The fourth-order valence-corrected chi connectivity index (χ4v) is 2.15. The van der Waals surface area contributed by atoms with E-state index in [0.29, 0.717) is 22.9 Å². The Morgan fingerprint density at radius 1 is 1.17 bits per heavy atom. The summed E-state index contributed by atoms with van der Waals surface area (Å²) < 4.78 is 5.67. The normalized spacial score (nSPS) is 11.6. The van der Waals surface area contributed by atoms with Crippen molar-refractivity contribution in [2.75, 3.05) is 5.32 Å². The zero-order valence-corrected chi connectivity index (χ0v) is 13.3. The second-order valence-electron chi connectivity index (χ2n) is 4.87. The van der Waals surface area contributed by atoms with Gasteiger partial charge in [-0.05, 0) is 42.8 Å². The molecule has 1 unspecified atom stereocenters. The predicted octanol–water partition coefficient (Wildman–Crippen LogP) is 3.24. The molecule has 0 aliphatic heterocycles. The van der Waals surface area contributed by atoms with Gasteiger partial charge in [-0.15, -0.1) is 0 Å². The first-order chi connectivity index (χ1) is 11.0. The Bertz CT molecular complexity index is 701. The highest BCUT2D eigenvalue weighted by Crippen LogP contribution is 2.19. The Balaban J connectivity index is 2.11. The van der Waals surface area contributed by atoms with Gasteiger partial charge >= 0.3 is 0 Å². The molecule has 0 radical (unpaired) electrons. The molecule has 0 fully saturated rings. The van der Waals surface area contributed by atoms with Crippen molar-refractivity contribution in [1.82, 2.24) is 0 Å². The van der Waals surface area contributed by atoms with Crippen LogP contribution >= 0.6 is 11.6 Å². The molecule has 0 aromatic heterocycles. The van der Waals surface area contributed by atoms with Crippen molar-refractivity contribution < 1.29 is 14.3 Å². The molecule has 120 valence electrons. The van der Waals surface area contributed by atoms with Crippen LogP contribution in [0.25, 0.3) is 0 Å². The second kappa shape index (κ2) is 7.65. The van der Waals surface area contributed by atoms with Crippen molar-refractivity contribution in [2.24, 2.45) is 5.73 Å². The van der Waals surface area contributed by atoms with Crippen LogP contribution in [-0.2, 0) is 4.79 Å². The summed E-state index contributed by atoms with van der Waals surface area (Å²) >= 11 is 5.82. The molecule has 2 aromatic carbocycles. The molecule has 23 heavy (non-hydrogen) atoms. The number of rotatable bonds is 6. The van der Waals surface area contributed by atoms with Crippen LogP contribution < -0.4 is 15.8 Å². The minimum absolute atomic E-state index is 0.252. The lowest BCUT2D eigenvalue weighted by Crippen LogP contribution is -2.33. The molecule has 5 nitrogen and oxygen atoms in total. The van der Waals surface area contributed by atoms with E-state index in [-0.39, 0.29) is 11.5 Å². The maximum atomic E-state index is 12.4. The fourth-order valence-electron chi connectivity index (χ4n) is 2.02. The molecule has 0 bridgehead atoms. The highest BCUT2D eigenvalue weighted by Gasteiger charge is 2.20.